The number of aliphatic carboxylic acids is 1. The molecule has 0 fully saturated rings. The van der Waals surface area contributed by atoms with Crippen LogP contribution < -0.4 is 34.9 Å². The third-order valence-corrected chi connectivity index (χ3v) is 5.55. The van der Waals surface area contributed by atoms with Crippen molar-refractivity contribution < 1.29 is 49.0 Å². The fraction of sp³-hybridized carbons (Fsp3) is 0.591. The third kappa shape index (κ3) is 11.6. The summed E-state index contributed by atoms with van der Waals surface area (Å²) in [5, 5.41) is 12.3. The van der Waals surface area contributed by atoms with Crippen molar-refractivity contribution in [3.8, 4) is 0 Å². The first-order valence-corrected chi connectivity index (χ1v) is 11.3. The van der Waals surface area contributed by atoms with Crippen LogP contribution in [-0.4, -0.2) is 46.9 Å². The second-order valence-electron chi connectivity index (χ2n) is 7.33. The molecule has 0 aliphatic rings. The summed E-state index contributed by atoms with van der Waals surface area (Å²) in [6.45, 7) is 5.39. The Morgan fingerprint density at radius 1 is 1.00 bits per heavy atom. The molecule has 1 aromatic rings. The summed E-state index contributed by atoms with van der Waals surface area (Å²) in [4.78, 5) is 38.7. The monoisotopic (exact) mass is 481 g/mol. The second-order valence-corrected chi connectivity index (χ2v) is 8.14. The predicted molar refractivity (Wildman–Crippen MR) is 120 cm³/mol. The molecule has 1 unspecified atom stereocenters. The Bertz CT molecular complexity index is 709. The van der Waals surface area contributed by atoms with Gasteiger partial charge in [-0.1, -0.05) is 62.7 Å². The van der Waals surface area contributed by atoms with Gasteiger partial charge in [0.25, 0.3) is 5.91 Å². The summed E-state index contributed by atoms with van der Waals surface area (Å²) < 4.78 is 0. The molecule has 0 aliphatic carbocycles. The van der Waals surface area contributed by atoms with E-state index in [0.717, 1.165) is 38.5 Å². The minimum atomic E-state index is -1.01. The van der Waals surface area contributed by atoms with Crippen LogP contribution in [0, 0.1) is 0 Å². The number of carboxylic acid groups (broad SMARTS) is 1. The molecule has 6 nitrogen and oxygen atoms in total. The first-order valence-electron chi connectivity index (χ1n) is 10.6. The van der Waals surface area contributed by atoms with Crippen molar-refractivity contribution in [2.24, 2.45) is 0 Å². The molecule has 1 aromatic carbocycles. The van der Waals surface area contributed by atoms with Crippen LogP contribution in [0.4, 0.5) is 0 Å². The Morgan fingerprint density at radius 2 is 1.58 bits per heavy atom. The van der Waals surface area contributed by atoms with Crippen LogP contribution in [0.2, 0.25) is 10.0 Å². The normalized spacial score (nSPS) is 11.4. The number of unbranched alkanes of at least 4 members (excludes halogenated alkanes) is 4. The minimum absolute atomic E-state index is 0. The molecule has 0 spiro atoms. The van der Waals surface area contributed by atoms with Crippen molar-refractivity contribution in [3.63, 3.8) is 0 Å². The van der Waals surface area contributed by atoms with Crippen molar-refractivity contribution in [2.75, 3.05) is 13.1 Å². The zero-order chi connectivity index (χ0) is 22.5. The average molecular weight is 482 g/mol. The molecule has 0 bridgehead atoms. The number of benzene rings is 1. The van der Waals surface area contributed by atoms with Crippen LogP contribution >= 0.6 is 23.2 Å². The van der Waals surface area contributed by atoms with E-state index in [4.69, 9.17) is 28.3 Å². The number of hydrogen-bond acceptors (Lipinski definition) is 3. The first-order chi connectivity index (χ1) is 14.3. The van der Waals surface area contributed by atoms with Gasteiger partial charge >= 0.3 is 35.5 Å². The second kappa shape index (κ2) is 16.8. The van der Waals surface area contributed by atoms with Gasteiger partial charge < -0.3 is 15.3 Å². The van der Waals surface area contributed by atoms with E-state index in [9.17, 15) is 14.4 Å². The van der Waals surface area contributed by atoms with Crippen LogP contribution in [0.5, 0.6) is 0 Å². The molecular weight excluding hydrogens is 450 g/mol. The van der Waals surface area contributed by atoms with Gasteiger partial charge in [0.05, 0.1) is 10.0 Å². The molecule has 1 rings (SSSR count). The Labute approximate surface area is 217 Å². The number of amides is 2. The van der Waals surface area contributed by atoms with Crippen molar-refractivity contribution >= 4 is 41.0 Å². The zero-order valence-electron chi connectivity index (χ0n) is 18.8. The minimum Gasteiger partial charge on any atom is -0.481 e. The van der Waals surface area contributed by atoms with Gasteiger partial charge in [-0.2, -0.15) is 0 Å². The SMILES string of the molecule is CCCCCN(CCCCC)C(=O)C(CCC(=O)O)NC(=O)c1ccc(Cl)c(Cl)c1.[Na+]. The van der Waals surface area contributed by atoms with E-state index in [1.807, 2.05) is 0 Å². The fourth-order valence-electron chi connectivity index (χ4n) is 3.06. The largest absolute Gasteiger partial charge is 1.00 e. The maximum absolute atomic E-state index is 13.2. The smallest absolute Gasteiger partial charge is 0.481 e. The average Bonchev–Trinajstić information content (AvgIpc) is 2.71. The summed E-state index contributed by atoms with van der Waals surface area (Å²) in [5.41, 5.74) is 0.265. The van der Waals surface area contributed by atoms with Gasteiger partial charge in [0.15, 0.2) is 0 Å². The summed E-state index contributed by atoms with van der Waals surface area (Å²) >= 11 is 11.9. The molecule has 0 heterocycles. The number of hydrogen-bond donors (Lipinski definition) is 2. The van der Waals surface area contributed by atoms with E-state index in [-0.39, 0.29) is 58.9 Å². The van der Waals surface area contributed by atoms with Gasteiger partial charge in [-0.05, 0) is 37.5 Å². The van der Waals surface area contributed by atoms with E-state index < -0.39 is 17.9 Å². The number of carbonyl (C=O) groups excluding carboxylic acids is 2. The van der Waals surface area contributed by atoms with Gasteiger partial charge in [-0.15, -0.1) is 0 Å². The molecule has 9 heteroatoms. The zero-order valence-corrected chi connectivity index (χ0v) is 22.3. The van der Waals surface area contributed by atoms with E-state index in [0.29, 0.717) is 18.1 Å². The molecule has 0 aliphatic heterocycles. The number of carbonyl (C=O) groups is 3. The van der Waals surface area contributed by atoms with Crippen molar-refractivity contribution in [3.05, 3.63) is 33.8 Å². The third-order valence-electron chi connectivity index (χ3n) is 4.81. The Kier molecular flexibility index (Phi) is 16.4. The van der Waals surface area contributed by atoms with Crippen LogP contribution in [0.25, 0.3) is 0 Å². The summed E-state index contributed by atoms with van der Waals surface area (Å²) in [5.74, 6) is -1.74. The number of halogens is 2. The van der Waals surface area contributed by atoms with Crippen molar-refractivity contribution in [1.82, 2.24) is 10.2 Å². The van der Waals surface area contributed by atoms with E-state index in [2.05, 4.69) is 19.2 Å². The summed E-state index contributed by atoms with van der Waals surface area (Å²) in [6.07, 6.45) is 5.65. The van der Waals surface area contributed by atoms with Gasteiger partial charge in [0.1, 0.15) is 6.04 Å². The van der Waals surface area contributed by atoms with Gasteiger partial charge in [-0.3, -0.25) is 14.4 Å². The molecule has 2 N–H and O–H groups in total. The molecule has 1 atom stereocenters. The molecule has 0 saturated carbocycles. The van der Waals surface area contributed by atoms with E-state index in [1.165, 1.54) is 18.2 Å². The molecule has 168 valence electrons. The van der Waals surface area contributed by atoms with E-state index >= 15 is 0 Å². The first kappa shape index (κ1) is 30.2. The van der Waals surface area contributed by atoms with Crippen LogP contribution in [0.3, 0.4) is 0 Å². The molecule has 2 amide bonds. The molecule has 0 saturated heterocycles. The van der Waals surface area contributed by atoms with Crippen LogP contribution in [0.15, 0.2) is 18.2 Å². The Balaban J connectivity index is 0.00000900. The van der Waals surface area contributed by atoms with Gasteiger partial charge in [0, 0.05) is 25.1 Å². The van der Waals surface area contributed by atoms with Gasteiger partial charge in [-0.25, -0.2) is 0 Å². The maximum Gasteiger partial charge on any atom is 1.00 e. The molecule has 0 radical (unpaired) electrons. The van der Waals surface area contributed by atoms with Crippen LogP contribution in [0.1, 0.15) is 75.6 Å². The number of carboxylic acids is 1. The summed E-state index contributed by atoms with van der Waals surface area (Å²) in [7, 11) is 0. The van der Waals surface area contributed by atoms with Crippen molar-refractivity contribution in [1.29, 1.82) is 0 Å². The predicted octanol–water partition coefficient (Wildman–Crippen LogP) is 2.17. The summed E-state index contributed by atoms with van der Waals surface area (Å²) in [6, 6.07) is 3.54. The number of nitrogens with one attached hydrogen (secondary N) is 1. The topological polar surface area (TPSA) is 86.7 Å². The standard InChI is InChI=1S/C22H32Cl2N2O4.Na/c1-3-5-7-13-26(14-8-6-4-2)22(30)19(11-12-20(27)28)25-21(29)16-9-10-17(23)18(24)15-16;/h9-10,15,19H,3-8,11-14H2,1-2H3,(H,25,29)(H,27,28);/q;+1. The number of rotatable bonds is 14. The van der Waals surface area contributed by atoms with E-state index in [1.54, 1.807) is 4.90 Å². The van der Waals surface area contributed by atoms with Crippen molar-refractivity contribution in [2.45, 2.75) is 71.3 Å². The molecular formula is C22H32Cl2N2NaO4+. The molecule has 0 aromatic heterocycles. The quantitative estimate of drug-likeness (QED) is 0.315. The fourth-order valence-corrected chi connectivity index (χ4v) is 3.36. The van der Waals surface area contributed by atoms with Gasteiger partial charge in [0.2, 0.25) is 5.91 Å². The molecule has 31 heavy (non-hydrogen) atoms. The van der Waals surface area contributed by atoms with Crippen LogP contribution in [-0.2, 0) is 9.59 Å². The maximum atomic E-state index is 13.2. The Morgan fingerprint density at radius 3 is 2.06 bits per heavy atom. The Hall–Kier alpha value is -0.790. The number of nitrogens with zero attached hydrogens (tertiary/aromatic N) is 1.